The van der Waals surface area contributed by atoms with Crippen LogP contribution in [-0.2, 0) is 14.4 Å². The Labute approximate surface area is 210 Å². The molecule has 1 atom stereocenters. The summed E-state index contributed by atoms with van der Waals surface area (Å²) >= 11 is 1.31. The van der Waals surface area contributed by atoms with Crippen LogP contribution in [0.25, 0.3) is 0 Å². The van der Waals surface area contributed by atoms with E-state index in [4.69, 9.17) is 0 Å². The summed E-state index contributed by atoms with van der Waals surface area (Å²) in [6.45, 7) is 8.40. The van der Waals surface area contributed by atoms with Gasteiger partial charge in [-0.3, -0.25) is 14.4 Å². The second kappa shape index (κ2) is 9.93. The Morgan fingerprint density at radius 1 is 0.886 bits per heavy atom. The van der Waals surface area contributed by atoms with Gasteiger partial charge in [-0.1, -0.05) is 24.3 Å². The van der Waals surface area contributed by atoms with E-state index in [2.05, 4.69) is 42.3 Å². The number of nitrogens with zero attached hydrogens (tertiary/aromatic N) is 3. The van der Waals surface area contributed by atoms with E-state index in [0.29, 0.717) is 25.9 Å². The van der Waals surface area contributed by atoms with E-state index >= 15 is 0 Å². The lowest BCUT2D eigenvalue weighted by Gasteiger charge is -2.40. The van der Waals surface area contributed by atoms with E-state index in [0.717, 1.165) is 36.8 Å². The molecule has 184 valence electrons. The summed E-state index contributed by atoms with van der Waals surface area (Å²) in [4.78, 5) is 45.9. The summed E-state index contributed by atoms with van der Waals surface area (Å²) in [5, 5.41) is 2.08. The molecule has 2 aromatic rings. The van der Waals surface area contributed by atoms with Crippen LogP contribution in [0, 0.1) is 19.8 Å². The summed E-state index contributed by atoms with van der Waals surface area (Å²) in [5.74, 6) is -0.273. The number of fused-ring (bicyclic) bond motifs is 1. The van der Waals surface area contributed by atoms with Gasteiger partial charge in [-0.05, 0) is 56.0 Å². The van der Waals surface area contributed by atoms with E-state index in [1.54, 1.807) is 4.90 Å². The number of benzene rings is 2. The Kier molecular flexibility index (Phi) is 6.73. The third-order valence-corrected chi connectivity index (χ3v) is 8.57. The minimum Gasteiger partial charge on any atom is -0.368 e. The van der Waals surface area contributed by atoms with Crippen LogP contribution < -0.4 is 10.2 Å². The second-order valence-electron chi connectivity index (χ2n) is 9.69. The molecule has 0 radical (unpaired) electrons. The van der Waals surface area contributed by atoms with E-state index in [1.807, 2.05) is 29.2 Å². The first kappa shape index (κ1) is 23.7. The highest BCUT2D eigenvalue weighted by molar-refractivity contribution is 8.01. The largest absolute Gasteiger partial charge is 0.368 e. The zero-order valence-corrected chi connectivity index (χ0v) is 21.1. The number of piperazine rings is 1. The van der Waals surface area contributed by atoms with Crippen LogP contribution in [0.5, 0.6) is 0 Å². The van der Waals surface area contributed by atoms with Crippen molar-refractivity contribution in [2.75, 3.05) is 49.5 Å². The highest BCUT2D eigenvalue weighted by Crippen LogP contribution is 2.36. The van der Waals surface area contributed by atoms with Crippen LogP contribution in [0.15, 0.2) is 47.4 Å². The molecule has 5 rings (SSSR count). The molecule has 2 fully saturated rings. The highest BCUT2D eigenvalue weighted by atomic mass is 32.2. The van der Waals surface area contributed by atoms with Crippen LogP contribution in [0.2, 0.25) is 0 Å². The van der Waals surface area contributed by atoms with E-state index < -0.39 is 5.25 Å². The smallest absolute Gasteiger partial charge is 0.247 e. The molecular formula is C27H32N4O3S. The molecule has 3 aliphatic rings. The lowest BCUT2D eigenvalue weighted by atomic mass is 9.94. The number of aryl methyl sites for hydroxylation is 2. The molecule has 3 heterocycles. The maximum atomic E-state index is 13.2. The summed E-state index contributed by atoms with van der Waals surface area (Å²) < 4.78 is 0. The Balaban J connectivity index is 1.13. The van der Waals surface area contributed by atoms with E-state index in [1.165, 1.54) is 28.6 Å². The monoisotopic (exact) mass is 492 g/mol. The Hall–Kier alpha value is -3.00. The van der Waals surface area contributed by atoms with Crippen molar-refractivity contribution in [1.29, 1.82) is 0 Å². The van der Waals surface area contributed by atoms with Gasteiger partial charge in [0.2, 0.25) is 17.7 Å². The molecule has 7 nitrogen and oxygen atoms in total. The van der Waals surface area contributed by atoms with Crippen LogP contribution in [0.1, 0.15) is 24.0 Å². The number of nitrogens with one attached hydrogen (secondary N) is 1. The minimum atomic E-state index is -0.768. The number of piperidine rings is 1. The fourth-order valence-electron chi connectivity index (χ4n) is 5.21. The summed E-state index contributed by atoms with van der Waals surface area (Å²) in [6.07, 6.45) is 1.30. The number of amides is 3. The average molecular weight is 493 g/mol. The van der Waals surface area contributed by atoms with Gasteiger partial charge in [-0.15, -0.1) is 11.8 Å². The fourth-order valence-corrected chi connectivity index (χ4v) is 6.29. The Morgan fingerprint density at radius 3 is 2.31 bits per heavy atom. The molecule has 2 saturated heterocycles. The first-order valence-corrected chi connectivity index (χ1v) is 13.2. The number of hydrogen-bond acceptors (Lipinski definition) is 5. The van der Waals surface area contributed by atoms with Crippen molar-refractivity contribution < 1.29 is 14.4 Å². The van der Waals surface area contributed by atoms with Crippen molar-refractivity contribution in [1.82, 2.24) is 9.80 Å². The lowest BCUT2D eigenvalue weighted by molar-refractivity contribution is -0.141. The quantitative estimate of drug-likeness (QED) is 0.666. The van der Waals surface area contributed by atoms with Gasteiger partial charge in [0, 0.05) is 55.8 Å². The molecule has 0 bridgehead atoms. The molecular weight excluding hydrogens is 460 g/mol. The van der Waals surface area contributed by atoms with Crippen molar-refractivity contribution in [2.45, 2.75) is 36.8 Å². The molecule has 0 aliphatic carbocycles. The number of anilines is 2. The molecule has 0 saturated carbocycles. The second-order valence-corrected chi connectivity index (χ2v) is 10.8. The molecule has 3 amide bonds. The zero-order valence-electron chi connectivity index (χ0n) is 20.3. The minimum absolute atomic E-state index is 0.0557. The van der Waals surface area contributed by atoms with Gasteiger partial charge >= 0.3 is 0 Å². The van der Waals surface area contributed by atoms with Gasteiger partial charge < -0.3 is 20.0 Å². The van der Waals surface area contributed by atoms with Gasteiger partial charge in [0.25, 0.3) is 0 Å². The summed E-state index contributed by atoms with van der Waals surface area (Å²) in [7, 11) is 0. The van der Waals surface area contributed by atoms with Crippen molar-refractivity contribution in [3.8, 4) is 0 Å². The SMILES string of the molecule is Cc1ccc(C)c(N2CCN(C(=O)C3CCN(C(=O)[C@H]4Sc5ccccc5NC4=O)CC3)CC2)c1. The number of para-hydroxylation sites is 1. The number of carbonyl (C=O) groups is 3. The number of hydrogen-bond donors (Lipinski definition) is 1. The Bertz CT molecular complexity index is 1140. The molecule has 0 aromatic heterocycles. The van der Waals surface area contributed by atoms with Crippen molar-refractivity contribution in [2.24, 2.45) is 5.92 Å². The highest BCUT2D eigenvalue weighted by Gasteiger charge is 2.38. The number of thioether (sulfide) groups is 1. The van der Waals surface area contributed by atoms with Crippen molar-refractivity contribution in [3.63, 3.8) is 0 Å². The topological polar surface area (TPSA) is 73.0 Å². The first-order chi connectivity index (χ1) is 16.9. The van der Waals surface area contributed by atoms with Gasteiger partial charge in [0.05, 0.1) is 5.69 Å². The third kappa shape index (κ3) is 4.89. The molecule has 35 heavy (non-hydrogen) atoms. The normalized spacial score (nSPS) is 20.9. The van der Waals surface area contributed by atoms with Gasteiger partial charge in [-0.25, -0.2) is 0 Å². The van der Waals surface area contributed by atoms with Gasteiger partial charge in [0.15, 0.2) is 5.25 Å². The predicted molar refractivity (Wildman–Crippen MR) is 139 cm³/mol. The van der Waals surface area contributed by atoms with E-state index in [9.17, 15) is 14.4 Å². The van der Waals surface area contributed by atoms with Gasteiger partial charge in [0.1, 0.15) is 0 Å². The number of rotatable bonds is 3. The van der Waals surface area contributed by atoms with Crippen molar-refractivity contribution in [3.05, 3.63) is 53.6 Å². The first-order valence-electron chi connectivity index (χ1n) is 12.4. The zero-order chi connectivity index (χ0) is 24.5. The predicted octanol–water partition coefficient (Wildman–Crippen LogP) is 3.30. The van der Waals surface area contributed by atoms with Gasteiger partial charge in [-0.2, -0.15) is 0 Å². The number of likely N-dealkylation sites (tertiary alicyclic amines) is 1. The molecule has 0 spiro atoms. The molecule has 0 unspecified atom stereocenters. The molecule has 2 aromatic carbocycles. The third-order valence-electron chi connectivity index (χ3n) is 7.30. The molecule has 8 heteroatoms. The number of carbonyl (C=O) groups excluding carboxylic acids is 3. The standard InChI is InChI=1S/C27H32N4O3S/c1-18-7-8-19(2)22(17-18)29-13-15-31(16-14-29)26(33)20-9-11-30(12-10-20)27(34)24-25(32)28-21-5-3-4-6-23(21)35-24/h3-8,17,20,24H,9-16H2,1-2H3,(H,28,32)/t24-/m0/s1. The maximum absolute atomic E-state index is 13.2. The van der Waals surface area contributed by atoms with Crippen LogP contribution in [0.4, 0.5) is 11.4 Å². The summed E-state index contributed by atoms with van der Waals surface area (Å²) in [5.41, 5.74) is 4.53. The summed E-state index contributed by atoms with van der Waals surface area (Å²) in [6, 6.07) is 14.1. The van der Waals surface area contributed by atoms with Crippen LogP contribution >= 0.6 is 11.8 Å². The van der Waals surface area contributed by atoms with Crippen molar-refractivity contribution >= 4 is 40.9 Å². The molecule has 1 N–H and O–H groups in total. The van der Waals surface area contributed by atoms with Crippen LogP contribution in [0.3, 0.4) is 0 Å². The maximum Gasteiger partial charge on any atom is 0.247 e. The fraction of sp³-hybridized carbons (Fsp3) is 0.444. The van der Waals surface area contributed by atoms with Crippen LogP contribution in [-0.4, -0.2) is 72.0 Å². The Morgan fingerprint density at radius 2 is 1.57 bits per heavy atom. The van der Waals surface area contributed by atoms with E-state index in [-0.39, 0.29) is 23.6 Å². The average Bonchev–Trinajstić information content (AvgIpc) is 2.89. The molecule has 3 aliphatic heterocycles. The lowest BCUT2D eigenvalue weighted by Crippen LogP contribution is -2.53.